The van der Waals surface area contributed by atoms with Crippen molar-refractivity contribution >= 4 is 12.1 Å². The fraction of sp³-hybridized carbons (Fsp3) is 0.391. The van der Waals surface area contributed by atoms with Crippen LogP contribution < -0.4 is 10.1 Å². The molecule has 0 spiro atoms. The van der Waals surface area contributed by atoms with E-state index in [2.05, 4.69) is 5.32 Å². The lowest BCUT2D eigenvalue weighted by atomic mass is 9.91. The van der Waals surface area contributed by atoms with Gasteiger partial charge in [0, 0.05) is 12.5 Å². The lowest BCUT2D eigenvalue weighted by Crippen LogP contribution is -2.35. The standard InChI is InChI=1S/C23H29NO5/c1-16-10-11-19(28-15-17-8-6-5-7-9-17)13-20(16)18(12-21(25)26)14-24-22(27)29-23(2,3)4/h5-11,13,18H,12,14-15H2,1-4H3,(H,24,27)(H,25,26). The summed E-state index contributed by atoms with van der Waals surface area (Å²) in [6, 6.07) is 15.4. The van der Waals surface area contributed by atoms with Crippen LogP contribution in [0.5, 0.6) is 5.75 Å². The molecule has 156 valence electrons. The lowest BCUT2D eigenvalue weighted by molar-refractivity contribution is -0.137. The molecule has 0 heterocycles. The summed E-state index contributed by atoms with van der Waals surface area (Å²) in [4.78, 5) is 23.4. The van der Waals surface area contributed by atoms with Crippen LogP contribution in [0.3, 0.4) is 0 Å². The molecule has 1 atom stereocenters. The summed E-state index contributed by atoms with van der Waals surface area (Å²) in [5, 5.41) is 12.0. The molecule has 0 saturated heterocycles. The first-order valence-corrected chi connectivity index (χ1v) is 9.60. The van der Waals surface area contributed by atoms with Gasteiger partial charge in [0.15, 0.2) is 0 Å². The maximum Gasteiger partial charge on any atom is 0.407 e. The Hall–Kier alpha value is -3.02. The molecule has 0 bridgehead atoms. The predicted octanol–water partition coefficient (Wildman–Crippen LogP) is 4.66. The topological polar surface area (TPSA) is 84.9 Å². The van der Waals surface area contributed by atoms with Crippen LogP contribution in [0.15, 0.2) is 48.5 Å². The van der Waals surface area contributed by atoms with E-state index < -0.39 is 23.6 Å². The molecule has 0 aliphatic rings. The van der Waals surface area contributed by atoms with Gasteiger partial charge in [-0.15, -0.1) is 0 Å². The highest BCUT2D eigenvalue weighted by atomic mass is 16.6. The summed E-state index contributed by atoms with van der Waals surface area (Å²) in [6.45, 7) is 7.82. The molecule has 0 saturated carbocycles. The zero-order chi connectivity index (χ0) is 21.4. The van der Waals surface area contributed by atoms with Crippen molar-refractivity contribution in [3.8, 4) is 5.75 Å². The summed E-state index contributed by atoms with van der Waals surface area (Å²) < 4.78 is 11.1. The molecular formula is C23H29NO5. The zero-order valence-electron chi connectivity index (χ0n) is 17.4. The van der Waals surface area contributed by atoms with E-state index in [-0.39, 0.29) is 13.0 Å². The number of aliphatic carboxylic acids is 1. The number of aryl methyl sites for hydroxylation is 1. The number of carbonyl (C=O) groups is 2. The number of nitrogens with one attached hydrogen (secondary N) is 1. The van der Waals surface area contributed by atoms with Gasteiger partial charge in [-0.2, -0.15) is 0 Å². The van der Waals surface area contributed by atoms with Crippen LogP contribution in [0.4, 0.5) is 4.79 Å². The Morgan fingerprint density at radius 1 is 1.10 bits per heavy atom. The number of amides is 1. The van der Waals surface area contributed by atoms with Crippen molar-refractivity contribution in [3.05, 3.63) is 65.2 Å². The second-order valence-corrected chi connectivity index (χ2v) is 7.97. The van der Waals surface area contributed by atoms with Gasteiger partial charge in [0.05, 0.1) is 6.42 Å². The van der Waals surface area contributed by atoms with Gasteiger partial charge in [-0.05, 0) is 56.5 Å². The molecule has 6 nitrogen and oxygen atoms in total. The fourth-order valence-corrected chi connectivity index (χ4v) is 2.91. The number of carboxylic acids is 1. The van der Waals surface area contributed by atoms with Crippen molar-refractivity contribution in [3.63, 3.8) is 0 Å². The van der Waals surface area contributed by atoms with E-state index in [0.29, 0.717) is 12.4 Å². The Kier molecular flexibility index (Phi) is 7.65. The number of hydrogen-bond acceptors (Lipinski definition) is 4. The molecule has 2 aromatic carbocycles. The van der Waals surface area contributed by atoms with Crippen molar-refractivity contribution < 1.29 is 24.2 Å². The van der Waals surface area contributed by atoms with Crippen molar-refractivity contribution in [2.24, 2.45) is 0 Å². The summed E-state index contributed by atoms with van der Waals surface area (Å²) in [7, 11) is 0. The van der Waals surface area contributed by atoms with E-state index in [0.717, 1.165) is 16.7 Å². The number of alkyl carbamates (subject to hydrolysis) is 1. The van der Waals surface area contributed by atoms with Crippen LogP contribution in [0, 0.1) is 6.92 Å². The summed E-state index contributed by atoms with van der Waals surface area (Å²) in [5.41, 5.74) is 2.19. The van der Waals surface area contributed by atoms with Crippen molar-refractivity contribution in [2.45, 2.75) is 52.2 Å². The summed E-state index contributed by atoms with van der Waals surface area (Å²) in [6.07, 6.45) is -0.680. The molecule has 2 N–H and O–H groups in total. The molecule has 0 aromatic heterocycles. The zero-order valence-corrected chi connectivity index (χ0v) is 17.4. The van der Waals surface area contributed by atoms with Gasteiger partial charge in [-0.1, -0.05) is 36.4 Å². The average Bonchev–Trinajstić information content (AvgIpc) is 2.64. The Labute approximate surface area is 171 Å². The van der Waals surface area contributed by atoms with Gasteiger partial charge in [-0.25, -0.2) is 4.79 Å². The fourth-order valence-electron chi connectivity index (χ4n) is 2.91. The van der Waals surface area contributed by atoms with Crippen LogP contribution in [-0.4, -0.2) is 29.3 Å². The first-order chi connectivity index (χ1) is 13.6. The van der Waals surface area contributed by atoms with E-state index in [1.807, 2.05) is 55.5 Å². The molecule has 0 aliphatic carbocycles. The second-order valence-electron chi connectivity index (χ2n) is 7.97. The number of rotatable bonds is 8. The van der Waals surface area contributed by atoms with Gasteiger partial charge < -0.3 is 19.9 Å². The highest BCUT2D eigenvalue weighted by Crippen LogP contribution is 2.27. The summed E-state index contributed by atoms with van der Waals surface area (Å²) in [5.74, 6) is -0.682. The Morgan fingerprint density at radius 3 is 2.41 bits per heavy atom. The maximum absolute atomic E-state index is 12.0. The highest BCUT2D eigenvalue weighted by molar-refractivity contribution is 5.70. The van der Waals surface area contributed by atoms with Crippen LogP contribution in [0.25, 0.3) is 0 Å². The minimum atomic E-state index is -0.934. The number of carbonyl (C=O) groups excluding carboxylic acids is 1. The van der Waals surface area contributed by atoms with E-state index in [4.69, 9.17) is 9.47 Å². The van der Waals surface area contributed by atoms with Gasteiger partial charge >= 0.3 is 12.1 Å². The normalized spacial score (nSPS) is 12.1. The molecule has 1 amide bonds. The van der Waals surface area contributed by atoms with Crippen LogP contribution in [-0.2, 0) is 16.1 Å². The molecule has 0 aliphatic heterocycles. The van der Waals surface area contributed by atoms with E-state index in [1.54, 1.807) is 20.8 Å². The van der Waals surface area contributed by atoms with Crippen LogP contribution in [0.2, 0.25) is 0 Å². The van der Waals surface area contributed by atoms with Crippen LogP contribution in [0.1, 0.15) is 49.8 Å². The van der Waals surface area contributed by atoms with Gasteiger partial charge in [0.25, 0.3) is 0 Å². The molecule has 1 unspecified atom stereocenters. The van der Waals surface area contributed by atoms with E-state index in [1.165, 1.54) is 0 Å². The molecule has 2 aromatic rings. The van der Waals surface area contributed by atoms with Gasteiger partial charge in [-0.3, -0.25) is 4.79 Å². The van der Waals surface area contributed by atoms with Crippen LogP contribution >= 0.6 is 0 Å². The quantitative estimate of drug-likeness (QED) is 0.674. The Balaban J connectivity index is 2.12. The molecule has 0 radical (unpaired) electrons. The molecule has 0 fully saturated rings. The van der Waals surface area contributed by atoms with Crippen molar-refractivity contribution in [1.29, 1.82) is 0 Å². The van der Waals surface area contributed by atoms with Crippen molar-refractivity contribution in [1.82, 2.24) is 5.32 Å². The summed E-state index contributed by atoms with van der Waals surface area (Å²) >= 11 is 0. The second kappa shape index (κ2) is 9.96. The monoisotopic (exact) mass is 399 g/mol. The number of carboxylic acid groups (broad SMARTS) is 1. The van der Waals surface area contributed by atoms with Crippen molar-refractivity contribution in [2.75, 3.05) is 6.54 Å². The Morgan fingerprint density at radius 2 is 1.79 bits per heavy atom. The highest BCUT2D eigenvalue weighted by Gasteiger charge is 2.21. The SMILES string of the molecule is Cc1ccc(OCc2ccccc2)cc1C(CNC(=O)OC(C)(C)C)CC(=O)O. The lowest BCUT2D eigenvalue weighted by Gasteiger charge is -2.23. The smallest absolute Gasteiger partial charge is 0.407 e. The molecule has 2 rings (SSSR count). The molecular weight excluding hydrogens is 370 g/mol. The van der Waals surface area contributed by atoms with E-state index >= 15 is 0 Å². The van der Waals surface area contributed by atoms with Gasteiger partial charge in [0.2, 0.25) is 0 Å². The maximum atomic E-state index is 12.0. The number of benzene rings is 2. The predicted molar refractivity (Wildman–Crippen MR) is 111 cm³/mol. The first-order valence-electron chi connectivity index (χ1n) is 9.60. The molecule has 6 heteroatoms. The Bertz CT molecular complexity index is 827. The third-order valence-corrected chi connectivity index (χ3v) is 4.25. The van der Waals surface area contributed by atoms with Gasteiger partial charge in [0.1, 0.15) is 18.0 Å². The third-order valence-electron chi connectivity index (χ3n) is 4.25. The first kappa shape index (κ1) is 22.3. The number of hydrogen-bond donors (Lipinski definition) is 2. The average molecular weight is 399 g/mol. The third kappa shape index (κ3) is 7.86. The minimum Gasteiger partial charge on any atom is -0.489 e. The largest absolute Gasteiger partial charge is 0.489 e. The number of ether oxygens (including phenoxy) is 2. The van der Waals surface area contributed by atoms with E-state index in [9.17, 15) is 14.7 Å². The minimum absolute atomic E-state index is 0.112. The molecule has 29 heavy (non-hydrogen) atoms.